The number of nitrogens with zero attached hydrogens (tertiary/aromatic N) is 1. The van der Waals surface area contributed by atoms with Gasteiger partial charge in [0.15, 0.2) is 10.4 Å². The second-order valence-corrected chi connectivity index (χ2v) is 8.25. The Kier molecular flexibility index (Phi) is 7.89. The monoisotopic (exact) mass is 461 g/mol. The molecule has 156 valence electrons. The molecule has 1 aliphatic rings. The molecule has 1 aromatic heterocycles. The molecule has 0 aliphatic carbocycles. The van der Waals surface area contributed by atoms with Crippen LogP contribution >= 0.6 is 15.9 Å². The summed E-state index contributed by atoms with van der Waals surface area (Å²) in [6.07, 6.45) is 4.84. The van der Waals surface area contributed by atoms with Crippen LogP contribution in [0.5, 0.6) is 0 Å². The molecule has 1 saturated heterocycles. The van der Waals surface area contributed by atoms with Gasteiger partial charge < -0.3 is 20.0 Å². The van der Waals surface area contributed by atoms with E-state index in [0.717, 1.165) is 38.0 Å². The van der Waals surface area contributed by atoms with Gasteiger partial charge >= 0.3 is 0 Å². The van der Waals surface area contributed by atoms with E-state index < -0.39 is 0 Å². The average Bonchev–Trinajstić information content (AvgIpc) is 3.15. The molecule has 29 heavy (non-hydrogen) atoms. The molecule has 1 aliphatic heterocycles. The Hall–Kier alpha value is -2.12. The topological polar surface area (TPSA) is 74.6 Å². The zero-order chi connectivity index (χ0) is 20.6. The van der Waals surface area contributed by atoms with E-state index in [1.165, 1.54) is 12.8 Å². The minimum Gasteiger partial charge on any atom is -0.444 e. The smallest absolute Gasteiger partial charge is 0.291 e. The summed E-state index contributed by atoms with van der Waals surface area (Å²) in [4.78, 5) is 27.0. The van der Waals surface area contributed by atoms with E-state index in [9.17, 15) is 9.59 Å². The molecular formula is C22H28BrN3O3. The van der Waals surface area contributed by atoms with E-state index in [4.69, 9.17) is 4.42 Å². The molecular weight excluding hydrogens is 434 g/mol. The van der Waals surface area contributed by atoms with Gasteiger partial charge in [-0.05, 0) is 71.6 Å². The molecule has 3 rings (SSSR count). The number of halogens is 1. The third-order valence-electron chi connectivity index (χ3n) is 5.15. The Morgan fingerprint density at radius 2 is 1.86 bits per heavy atom. The van der Waals surface area contributed by atoms with Gasteiger partial charge in [0.05, 0.1) is 6.42 Å². The number of piperidine rings is 1. The van der Waals surface area contributed by atoms with Crippen molar-refractivity contribution in [3.05, 3.63) is 52.4 Å². The first-order chi connectivity index (χ1) is 14.0. The zero-order valence-corrected chi connectivity index (χ0v) is 18.3. The molecule has 0 atom stereocenters. The summed E-state index contributed by atoms with van der Waals surface area (Å²) in [5.41, 5.74) is 1.58. The molecule has 1 aromatic carbocycles. The van der Waals surface area contributed by atoms with Crippen LogP contribution < -0.4 is 10.6 Å². The van der Waals surface area contributed by atoms with Gasteiger partial charge in [0.2, 0.25) is 5.91 Å². The van der Waals surface area contributed by atoms with Crippen molar-refractivity contribution >= 4 is 33.4 Å². The Morgan fingerprint density at radius 3 is 2.48 bits per heavy atom. The number of hydrogen-bond acceptors (Lipinski definition) is 4. The van der Waals surface area contributed by atoms with Crippen LogP contribution in [0.1, 0.15) is 48.7 Å². The van der Waals surface area contributed by atoms with E-state index >= 15 is 0 Å². The molecule has 0 saturated carbocycles. The summed E-state index contributed by atoms with van der Waals surface area (Å²) in [7, 11) is 0. The highest BCUT2D eigenvalue weighted by Gasteiger charge is 2.20. The van der Waals surface area contributed by atoms with Crippen molar-refractivity contribution in [1.82, 2.24) is 10.2 Å². The number of carbonyl (C=O) groups excluding carboxylic acids is 2. The number of likely N-dealkylation sites (tertiary alicyclic amines) is 1. The maximum atomic E-state index is 12.4. The normalized spacial score (nSPS) is 15.2. The van der Waals surface area contributed by atoms with Gasteiger partial charge in [-0.15, -0.1) is 0 Å². The van der Waals surface area contributed by atoms with Gasteiger partial charge in [0, 0.05) is 24.8 Å². The summed E-state index contributed by atoms with van der Waals surface area (Å²) >= 11 is 3.18. The van der Waals surface area contributed by atoms with Crippen LogP contribution in [0.2, 0.25) is 0 Å². The Morgan fingerprint density at radius 1 is 1.14 bits per heavy atom. The summed E-state index contributed by atoms with van der Waals surface area (Å²) in [6, 6.07) is 10.9. The Bertz CT molecular complexity index is 811. The largest absolute Gasteiger partial charge is 0.444 e. The van der Waals surface area contributed by atoms with Crippen LogP contribution in [-0.4, -0.2) is 42.4 Å². The third-order valence-corrected chi connectivity index (χ3v) is 5.58. The van der Waals surface area contributed by atoms with E-state index in [0.29, 0.717) is 16.8 Å². The van der Waals surface area contributed by atoms with Gasteiger partial charge in [-0.25, -0.2) is 0 Å². The van der Waals surface area contributed by atoms with E-state index in [-0.39, 0.29) is 23.6 Å². The molecule has 2 amide bonds. The van der Waals surface area contributed by atoms with E-state index in [1.807, 2.05) is 12.1 Å². The van der Waals surface area contributed by atoms with Gasteiger partial charge in [-0.3, -0.25) is 9.59 Å². The number of hydrogen-bond donors (Lipinski definition) is 2. The molecule has 1 fully saturated rings. The molecule has 0 radical (unpaired) electrons. The zero-order valence-electron chi connectivity index (χ0n) is 16.7. The number of nitrogens with one attached hydrogen (secondary N) is 2. The lowest BCUT2D eigenvalue weighted by molar-refractivity contribution is -0.121. The third kappa shape index (κ3) is 6.72. The number of amides is 2. The molecule has 2 heterocycles. The lowest BCUT2D eigenvalue weighted by Gasteiger charge is -2.32. The Balaban J connectivity index is 1.42. The second-order valence-electron chi connectivity index (χ2n) is 7.47. The number of unbranched alkanes of at least 4 members (excludes halogenated alkanes) is 1. The number of anilines is 1. The first-order valence-corrected chi connectivity index (χ1v) is 11.0. The van der Waals surface area contributed by atoms with E-state index in [1.54, 1.807) is 24.3 Å². The van der Waals surface area contributed by atoms with Gasteiger partial charge in [0.1, 0.15) is 0 Å². The van der Waals surface area contributed by atoms with Crippen LogP contribution in [0.15, 0.2) is 45.5 Å². The molecule has 0 spiro atoms. The molecule has 2 aromatic rings. The SMILES string of the molecule is CCCCN1CCC(NC(=O)Cc2ccc(NC(=O)c3ccc(Br)o3)cc2)CC1. The fourth-order valence-electron chi connectivity index (χ4n) is 3.48. The fraction of sp³-hybridized carbons (Fsp3) is 0.455. The minimum absolute atomic E-state index is 0.0502. The summed E-state index contributed by atoms with van der Waals surface area (Å²) < 4.78 is 5.75. The number of rotatable bonds is 8. The van der Waals surface area contributed by atoms with Crippen LogP contribution in [0.25, 0.3) is 0 Å². The number of furan rings is 1. The molecule has 6 nitrogen and oxygen atoms in total. The van der Waals surface area contributed by atoms with Crippen LogP contribution in [0, 0.1) is 0 Å². The first kappa shape index (κ1) is 21.6. The summed E-state index contributed by atoms with van der Waals surface area (Å²) in [5, 5.41) is 5.94. The maximum Gasteiger partial charge on any atom is 0.291 e. The molecule has 0 unspecified atom stereocenters. The van der Waals surface area contributed by atoms with Crippen LogP contribution in [-0.2, 0) is 11.2 Å². The second kappa shape index (κ2) is 10.6. The minimum atomic E-state index is -0.313. The molecule has 0 bridgehead atoms. The Labute approximate surface area is 180 Å². The lowest BCUT2D eigenvalue weighted by Crippen LogP contribution is -2.45. The van der Waals surface area contributed by atoms with Crippen molar-refractivity contribution in [3.63, 3.8) is 0 Å². The van der Waals surface area contributed by atoms with Crippen LogP contribution in [0.3, 0.4) is 0 Å². The first-order valence-electron chi connectivity index (χ1n) is 10.2. The van der Waals surface area contributed by atoms with E-state index in [2.05, 4.69) is 38.4 Å². The predicted octanol–water partition coefficient (Wildman–Crippen LogP) is 4.22. The average molecular weight is 462 g/mol. The standard InChI is InChI=1S/C22H28BrN3O3/c1-2-3-12-26-13-10-18(11-14-26)24-21(27)15-16-4-6-17(7-5-16)25-22(28)19-8-9-20(23)29-19/h4-9,18H,2-3,10-15H2,1H3,(H,24,27)(H,25,28). The maximum absolute atomic E-state index is 12.4. The van der Waals surface area contributed by atoms with Crippen molar-refractivity contribution < 1.29 is 14.0 Å². The highest BCUT2D eigenvalue weighted by molar-refractivity contribution is 9.10. The predicted molar refractivity (Wildman–Crippen MR) is 117 cm³/mol. The molecule has 2 N–H and O–H groups in total. The number of carbonyl (C=O) groups is 2. The van der Waals surface area contributed by atoms with Crippen molar-refractivity contribution in [1.29, 1.82) is 0 Å². The number of benzene rings is 1. The van der Waals surface area contributed by atoms with Crippen LogP contribution in [0.4, 0.5) is 5.69 Å². The highest BCUT2D eigenvalue weighted by Crippen LogP contribution is 2.17. The van der Waals surface area contributed by atoms with Crippen molar-refractivity contribution in [2.45, 2.75) is 45.1 Å². The van der Waals surface area contributed by atoms with Crippen molar-refractivity contribution in [2.75, 3.05) is 25.0 Å². The quantitative estimate of drug-likeness (QED) is 0.616. The summed E-state index contributed by atoms with van der Waals surface area (Å²) in [6.45, 7) is 5.50. The molecule has 7 heteroatoms. The fourth-order valence-corrected chi connectivity index (χ4v) is 3.79. The van der Waals surface area contributed by atoms with Gasteiger partial charge in [-0.2, -0.15) is 0 Å². The lowest BCUT2D eigenvalue weighted by atomic mass is 10.0. The van der Waals surface area contributed by atoms with Crippen molar-refractivity contribution in [3.8, 4) is 0 Å². The summed E-state index contributed by atoms with van der Waals surface area (Å²) in [5.74, 6) is -0.0261. The van der Waals surface area contributed by atoms with Crippen molar-refractivity contribution in [2.24, 2.45) is 0 Å². The highest BCUT2D eigenvalue weighted by atomic mass is 79.9. The van der Waals surface area contributed by atoms with Gasteiger partial charge in [0.25, 0.3) is 5.91 Å². The van der Waals surface area contributed by atoms with Gasteiger partial charge in [-0.1, -0.05) is 25.5 Å².